The summed E-state index contributed by atoms with van der Waals surface area (Å²) in [5.74, 6) is -0.218. The molecule has 4 amide bonds. The number of hydrogen-bond donors (Lipinski definition) is 4. The maximum Gasteiger partial charge on any atom is 0.255 e. The lowest BCUT2D eigenvalue weighted by Gasteiger charge is -2.35. The van der Waals surface area contributed by atoms with Crippen molar-refractivity contribution in [2.24, 2.45) is 5.41 Å². The molecule has 1 saturated carbocycles. The van der Waals surface area contributed by atoms with Gasteiger partial charge in [0.05, 0.1) is 31.3 Å². The first-order valence-corrected chi connectivity index (χ1v) is 18.1. The molecule has 3 heterocycles. The molecule has 1 atom stereocenters. The van der Waals surface area contributed by atoms with Crippen LogP contribution in [-0.4, -0.2) is 90.8 Å². The molecule has 1 aliphatic heterocycles. The van der Waals surface area contributed by atoms with Crippen molar-refractivity contribution in [1.82, 2.24) is 25.5 Å². The number of carbonyl (C=O) groups excluding carboxylic acids is 5. The summed E-state index contributed by atoms with van der Waals surface area (Å²) in [5, 5.41) is 14.3. The average Bonchev–Trinajstić information content (AvgIpc) is 3.78. The van der Waals surface area contributed by atoms with Crippen LogP contribution in [0.3, 0.4) is 0 Å². The molecule has 4 N–H and O–H groups in total. The Hall–Kier alpha value is -4.73. The zero-order valence-corrected chi connectivity index (χ0v) is 29.6. The highest BCUT2D eigenvalue weighted by Crippen LogP contribution is 2.39. The average molecular weight is 720 g/mol. The van der Waals surface area contributed by atoms with Gasteiger partial charge in [0.1, 0.15) is 18.7 Å². The lowest BCUT2D eigenvalue weighted by Crippen LogP contribution is -2.45. The molecule has 14 nitrogen and oxygen atoms in total. The van der Waals surface area contributed by atoms with Crippen LogP contribution in [0.25, 0.3) is 0 Å². The van der Waals surface area contributed by atoms with Crippen molar-refractivity contribution in [3.05, 3.63) is 64.8 Å². The molecule has 272 valence electrons. The first kappa shape index (κ1) is 37.5. The number of hydrogen-bond acceptors (Lipinski definition) is 11. The van der Waals surface area contributed by atoms with E-state index in [1.54, 1.807) is 24.4 Å². The quantitative estimate of drug-likeness (QED) is 0.106. The topological polar surface area (TPSA) is 181 Å². The maximum absolute atomic E-state index is 13.5. The predicted octanol–water partition coefficient (Wildman–Crippen LogP) is 3.61. The Balaban J connectivity index is 1.01. The molecule has 3 aromatic rings. The highest BCUT2D eigenvalue weighted by Gasteiger charge is 2.40. The van der Waals surface area contributed by atoms with E-state index in [1.807, 2.05) is 23.6 Å². The number of anilines is 3. The van der Waals surface area contributed by atoms with Gasteiger partial charge in [0.15, 0.2) is 5.13 Å². The van der Waals surface area contributed by atoms with Crippen LogP contribution < -0.4 is 21.3 Å². The molecular formula is C36H45N7O7S. The summed E-state index contributed by atoms with van der Waals surface area (Å²) in [6, 6.07) is 10.1. The van der Waals surface area contributed by atoms with Crippen LogP contribution in [0.15, 0.2) is 48.0 Å². The van der Waals surface area contributed by atoms with E-state index in [0.717, 1.165) is 42.9 Å². The maximum atomic E-state index is 13.5. The summed E-state index contributed by atoms with van der Waals surface area (Å²) in [5.41, 5.74) is 1.82. The zero-order valence-electron chi connectivity index (χ0n) is 28.8. The van der Waals surface area contributed by atoms with Crippen LogP contribution in [0, 0.1) is 5.41 Å². The van der Waals surface area contributed by atoms with Crippen molar-refractivity contribution in [3.8, 4) is 0 Å². The molecule has 2 aliphatic rings. The largest absolute Gasteiger partial charge is 0.377 e. The van der Waals surface area contributed by atoms with Gasteiger partial charge in [0, 0.05) is 67.1 Å². The van der Waals surface area contributed by atoms with Crippen molar-refractivity contribution in [1.29, 1.82) is 0 Å². The van der Waals surface area contributed by atoms with Gasteiger partial charge < -0.3 is 40.4 Å². The van der Waals surface area contributed by atoms with Gasteiger partial charge in [-0.2, -0.15) is 0 Å². The van der Waals surface area contributed by atoms with Gasteiger partial charge in [-0.05, 0) is 43.5 Å². The van der Waals surface area contributed by atoms with Crippen molar-refractivity contribution in [3.63, 3.8) is 0 Å². The second-order valence-electron chi connectivity index (χ2n) is 12.6. The second-order valence-corrected chi connectivity index (χ2v) is 13.5. The number of aldehydes is 1. The lowest BCUT2D eigenvalue weighted by molar-refractivity contribution is -0.133. The molecular weight excluding hydrogens is 675 g/mol. The van der Waals surface area contributed by atoms with Crippen LogP contribution in [0.2, 0.25) is 0 Å². The SMILES string of the molecule is CNC(=O)CCC(C=O)N1Cc2c(NC(=O)COCCOCCNC(=O)C3(Cc4cccc(Nc5nccs5)n4)CCCCC3)cccc2C1=O. The number of amides is 4. The number of aromatic nitrogens is 2. The summed E-state index contributed by atoms with van der Waals surface area (Å²) in [6.45, 7) is 0.990. The monoisotopic (exact) mass is 719 g/mol. The predicted molar refractivity (Wildman–Crippen MR) is 192 cm³/mol. The van der Waals surface area contributed by atoms with E-state index in [4.69, 9.17) is 14.5 Å². The smallest absolute Gasteiger partial charge is 0.255 e. The Kier molecular flexibility index (Phi) is 13.6. The van der Waals surface area contributed by atoms with Gasteiger partial charge >= 0.3 is 0 Å². The van der Waals surface area contributed by atoms with Gasteiger partial charge in [-0.15, -0.1) is 11.3 Å². The summed E-state index contributed by atoms with van der Waals surface area (Å²) in [7, 11) is 1.51. The molecule has 15 heteroatoms. The molecule has 0 radical (unpaired) electrons. The Morgan fingerprint density at radius 2 is 1.84 bits per heavy atom. The van der Waals surface area contributed by atoms with E-state index < -0.39 is 17.4 Å². The molecule has 2 aromatic heterocycles. The van der Waals surface area contributed by atoms with E-state index in [2.05, 4.69) is 26.3 Å². The minimum atomic E-state index is -0.756. The van der Waals surface area contributed by atoms with E-state index >= 15 is 0 Å². The second kappa shape index (κ2) is 18.5. The van der Waals surface area contributed by atoms with Crippen molar-refractivity contribution >= 4 is 57.9 Å². The van der Waals surface area contributed by atoms with Crippen LogP contribution in [0.1, 0.15) is 66.6 Å². The van der Waals surface area contributed by atoms with Gasteiger partial charge in [-0.3, -0.25) is 19.2 Å². The molecule has 0 saturated heterocycles. The van der Waals surface area contributed by atoms with Crippen LogP contribution in [0.4, 0.5) is 16.6 Å². The third-order valence-electron chi connectivity index (χ3n) is 9.20. The van der Waals surface area contributed by atoms with Crippen molar-refractivity contribution < 1.29 is 33.4 Å². The fourth-order valence-corrected chi connectivity index (χ4v) is 7.07. The van der Waals surface area contributed by atoms with E-state index in [0.29, 0.717) is 48.5 Å². The Labute approximate surface area is 301 Å². The van der Waals surface area contributed by atoms with E-state index in [1.165, 1.54) is 23.3 Å². The first-order chi connectivity index (χ1) is 24.8. The molecule has 51 heavy (non-hydrogen) atoms. The molecule has 1 fully saturated rings. The van der Waals surface area contributed by atoms with E-state index in [9.17, 15) is 24.0 Å². The molecule has 0 spiro atoms. The minimum Gasteiger partial charge on any atom is -0.377 e. The third-order valence-corrected chi connectivity index (χ3v) is 9.88. The molecule has 1 aromatic carbocycles. The van der Waals surface area contributed by atoms with Crippen LogP contribution in [0.5, 0.6) is 0 Å². The first-order valence-electron chi connectivity index (χ1n) is 17.3. The van der Waals surface area contributed by atoms with Gasteiger partial charge in [-0.1, -0.05) is 31.4 Å². The van der Waals surface area contributed by atoms with Crippen LogP contribution >= 0.6 is 11.3 Å². The zero-order chi connectivity index (χ0) is 36.1. The van der Waals surface area contributed by atoms with Gasteiger partial charge in [-0.25, -0.2) is 9.97 Å². The fourth-order valence-electron chi connectivity index (χ4n) is 6.54. The van der Waals surface area contributed by atoms with Crippen molar-refractivity contribution in [2.75, 3.05) is 50.7 Å². The number of carbonyl (C=O) groups is 5. The highest BCUT2D eigenvalue weighted by atomic mass is 32.1. The molecule has 5 rings (SSSR count). The summed E-state index contributed by atoms with van der Waals surface area (Å²) in [4.78, 5) is 73.0. The van der Waals surface area contributed by atoms with Gasteiger partial charge in [0.2, 0.25) is 17.7 Å². The Bertz CT molecular complexity index is 1660. The third kappa shape index (κ3) is 10.2. The summed E-state index contributed by atoms with van der Waals surface area (Å²) < 4.78 is 11.2. The number of pyridine rings is 1. The number of thiazole rings is 1. The fraction of sp³-hybridized carbons (Fsp3) is 0.472. The van der Waals surface area contributed by atoms with E-state index in [-0.39, 0.29) is 56.9 Å². The molecule has 1 aliphatic carbocycles. The number of nitrogens with zero attached hydrogens (tertiary/aromatic N) is 3. The number of ether oxygens (including phenoxy) is 2. The summed E-state index contributed by atoms with van der Waals surface area (Å²) >= 11 is 1.50. The lowest BCUT2D eigenvalue weighted by atomic mass is 9.70. The molecule has 0 bridgehead atoms. The Morgan fingerprint density at radius 3 is 2.61 bits per heavy atom. The van der Waals surface area contributed by atoms with Crippen LogP contribution in [-0.2, 0) is 41.6 Å². The number of benzene rings is 1. The normalized spacial score (nSPS) is 15.5. The number of fused-ring (bicyclic) bond motifs is 1. The minimum absolute atomic E-state index is 0.0154. The standard InChI is InChI=1S/C36H45N7O7S/c1-37-31(45)12-11-26(23-44)43-22-28-27(33(43)47)8-6-9-29(28)41-32(46)24-50-19-18-49-17-15-38-34(48)36(13-3-2-4-14-36)21-25-7-5-10-30(40-25)42-35-39-16-20-51-35/h5-10,16,20,23,26H,2-4,11-15,17-19,21-22,24H2,1H3,(H,37,45)(H,38,48)(H,41,46)(H,39,40,42). The number of nitrogens with one attached hydrogen (secondary N) is 4. The van der Waals surface area contributed by atoms with Gasteiger partial charge in [0.25, 0.3) is 5.91 Å². The van der Waals surface area contributed by atoms with Crippen molar-refractivity contribution in [2.45, 2.75) is 64.0 Å². The molecule has 1 unspecified atom stereocenters. The highest BCUT2D eigenvalue weighted by molar-refractivity contribution is 7.13. The Morgan fingerprint density at radius 1 is 1.04 bits per heavy atom. The summed E-state index contributed by atoms with van der Waals surface area (Å²) in [6.07, 6.45) is 8.00. The number of rotatable bonds is 19.